The van der Waals surface area contributed by atoms with Crippen molar-refractivity contribution in [2.75, 3.05) is 6.54 Å². The Hall–Kier alpha value is -1.73. The third-order valence-corrected chi connectivity index (χ3v) is 2.51. The molecule has 2 atom stereocenters. The largest absolute Gasteiger partial charge is 0.481 e. The number of carboxylic acid groups (broad SMARTS) is 1. The van der Waals surface area contributed by atoms with Crippen LogP contribution in [0.2, 0.25) is 0 Å². The molecule has 0 aliphatic heterocycles. The third-order valence-electron chi connectivity index (χ3n) is 2.51. The van der Waals surface area contributed by atoms with Gasteiger partial charge in [-0.15, -0.1) is 0 Å². The topological polar surface area (TPSA) is 135 Å². The summed E-state index contributed by atoms with van der Waals surface area (Å²) >= 11 is 0. The number of imidazole rings is 1. The van der Waals surface area contributed by atoms with E-state index in [1.54, 1.807) is 0 Å². The summed E-state index contributed by atoms with van der Waals surface area (Å²) in [4.78, 5) is 28.9. The predicted molar refractivity (Wildman–Crippen MR) is 60.2 cm³/mol. The van der Waals surface area contributed by atoms with Gasteiger partial charge in [0.15, 0.2) is 5.78 Å². The highest BCUT2D eigenvalue weighted by Crippen LogP contribution is 2.15. The van der Waals surface area contributed by atoms with Gasteiger partial charge < -0.3 is 21.6 Å². The van der Waals surface area contributed by atoms with E-state index in [0.29, 0.717) is 5.69 Å². The van der Waals surface area contributed by atoms with Gasteiger partial charge in [-0.1, -0.05) is 0 Å². The van der Waals surface area contributed by atoms with E-state index in [4.69, 9.17) is 16.6 Å². The van der Waals surface area contributed by atoms with Crippen LogP contribution in [0.25, 0.3) is 0 Å². The molecule has 0 amide bonds. The van der Waals surface area contributed by atoms with Crippen molar-refractivity contribution >= 4 is 11.8 Å². The number of carbonyl (C=O) groups excluding carboxylic acids is 1. The molecule has 0 bridgehead atoms. The Morgan fingerprint density at radius 2 is 2.24 bits per heavy atom. The molecule has 0 radical (unpaired) electrons. The molecule has 6 N–H and O–H groups in total. The highest BCUT2D eigenvalue weighted by Gasteiger charge is 2.25. The number of aromatic nitrogens is 2. The van der Waals surface area contributed by atoms with Gasteiger partial charge in [-0.3, -0.25) is 9.59 Å². The second kappa shape index (κ2) is 6.12. The number of nitrogens with zero attached hydrogens (tertiary/aromatic N) is 1. The van der Waals surface area contributed by atoms with Crippen LogP contribution in [0.4, 0.5) is 0 Å². The minimum atomic E-state index is -0.973. The molecule has 0 saturated carbocycles. The van der Waals surface area contributed by atoms with E-state index in [1.807, 2.05) is 0 Å². The van der Waals surface area contributed by atoms with Gasteiger partial charge in [0.05, 0.1) is 18.3 Å². The predicted octanol–water partition coefficient (Wildman–Crippen LogP) is -0.787. The molecule has 1 rings (SSSR count). The molecule has 0 aliphatic carbocycles. The number of aliphatic carboxylic acids is 1. The molecule has 1 aromatic heterocycles. The molecular weight excluding hydrogens is 224 g/mol. The Kier molecular flexibility index (Phi) is 4.80. The van der Waals surface area contributed by atoms with Crippen LogP contribution in [0.5, 0.6) is 0 Å². The van der Waals surface area contributed by atoms with Gasteiger partial charge in [0.25, 0.3) is 0 Å². The van der Waals surface area contributed by atoms with Crippen LogP contribution < -0.4 is 11.5 Å². The van der Waals surface area contributed by atoms with Gasteiger partial charge in [0.1, 0.15) is 0 Å². The summed E-state index contributed by atoms with van der Waals surface area (Å²) in [6, 6.07) is -0.817. The van der Waals surface area contributed by atoms with Crippen molar-refractivity contribution in [3.05, 3.63) is 18.2 Å². The van der Waals surface area contributed by atoms with Crippen LogP contribution in [0.1, 0.15) is 24.5 Å². The van der Waals surface area contributed by atoms with E-state index >= 15 is 0 Å². The summed E-state index contributed by atoms with van der Waals surface area (Å²) in [5.41, 5.74) is 11.8. The number of hydrogen-bond donors (Lipinski definition) is 4. The van der Waals surface area contributed by atoms with E-state index in [2.05, 4.69) is 9.97 Å². The van der Waals surface area contributed by atoms with E-state index < -0.39 is 17.9 Å². The van der Waals surface area contributed by atoms with Gasteiger partial charge in [0.2, 0.25) is 0 Å². The van der Waals surface area contributed by atoms with Crippen LogP contribution in [0.3, 0.4) is 0 Å². The number of nitrogens with two attached hydrogens (primary N) is 2. The second-order valence-corrected chi connectivity index (χ2v) is 3.74. The number of carboxylic acids is 1. The zero-order valence-corrected chi connectivity index (χ0v) is 9.30. The Labute approximate surface area is 98.2 Å². The van der Waals surface area contributed by atoms with Crippen LogP contribution in [-0.4, -0.2) is 39.4 Å². The highest BCUT2D eigenvalue weighted by molar-refractivity contribution is 5.90. The van der Waals surface area contributed by atoms with Crippen molar-refractivity contribution < 1.29 is 14.7 Å². The first-order valence-electron chi connectivity index (χ1n) is 5.25. The minimum absolute atomic E-state index is 0.110. The van der Waals surface area contributed by atoms with Crippen molar-refractivity contribution in [3.63, 3.8) is 0 Å². The molecule has 1 heterocycles. The molecule has 0 spiro atoms. The minimum Gasteiger partial charge on any atom is -0.481 e. The molecule has 1 unspecified atom stereocenters. The van der Waals surface area contributed by atoms with Gasteiger partial charge >= 0.3 is 5.97 Å². The maximum Gasteiger partial charge on any atom is 0.303 e. The molecule has 7 nitrogen and oxygen atoms in total. The number of Topliss-reactive ketones (excluding diaryl/α,β-unsaturated/α-hetero) is 1. The first kappa shape index (κ1) is 13.3. The lowest BCUT2D eigenvalue weighted by Gasteiger charge is -2.16. The summed E-state index contributed by atoms with van der Waals surface area (Å²) in [7, 11) is 0. The first-order chi connectivity index (χ1) is 8.06. The van der Waals surface area contributed by atoms with Gasteiger partial charge in [-0.2, -0.15) is 0 Å². The zero-order valence-electron chi connectivity index (χ0n) is 9.30. The number of rotatable bonds is 7. The molecule has 0 aliphatic rings. The average Bonchev–Trinajstić information content (AvgIpc) is 2.80. The zero-order chi connectivity index (χ0) is 12.8. The SMILES string of the molecule is NCC(C(=O)[C@@H](N)CCC(=O)O)c1cnc[nH]1. The lowest BCUT2D eigenvalue weighted by molar-refractivity contribution is -0.137. The monoisotopic (exact) mass is 240 g/mol. The van der Waals surface area contributed by atoms with Crippen LogP contribution >= 0.6 is 0 Å². The number of hydrogen-bond acceptors (Lipinski definition) is 5. The maximum absolute atomic E-state index is 11.9. The number of aromatic amines is 1. The lowest BCUT2D eigenvalue weighted by atomic mass is 9.93. The summed E-state index contributed by atoms with van der Waals surface area (Å²) in [6.07, 6.45) is 2.94. The van der Waals surface area contributed by atoms with Crippen molar-refractivity contribution in [2.45, 2.75) is 24.8 Å². The van der Waals surface area contributed by atoms with Crippen molar-refractivity contribution in [1.82, 2.24) is 9.97 Å². The number of ketones is 1. The second-order valence-electron chi connectivity index (χ2n) is 3.74. The third kappa shape index (κ3) is 3.65. The van der Waals surface area contributed by atoms with E-state index in [0.717, 1.165) is 0 Å². The summed E-state index contributed by atoms with van der Waals surface area (Å²) in [6.45, 7) is 0.113. The fraction of sp³-hybridized carbons (Fsp3) is 0.500. The Bertz CT molecular complexity index is 377. The van der Waals surface area contributed by atoms with E-state index in [1.165, 1.54) is 12.5 Å². The number of carbonyl (C=O) groups is 2. The molecule has 0 aromatic carbocycles. The summed E-state index contributed by atoms with van der Waals surface area (Å²) in [5, 5.41) is 8.52. The normalized spacial score (nSPS) is 14.2. The molecule has 1 aromatic rings. The fourth-order valence-electron chi connectivity index (χ4n) is 1.53. The standard InChI is InChI=1S/C10H16N4O3/c11-3-6(8-4-13-5-14-8)10(17)7(12)1-2-9(15)16/h4-7H,1-3,11-12H2,(H,13,14)(H,15,16)/t6?,7-/m0/s1. The Balaban J connectivity index is 2.63. The van der Waals surface area contributed by atoms with Crippen LogP contribution in [-0.2, 0) is 9.59 Å². The van der Waals surface area contributed by atoms with Crippen molar-refractivity contribution in [1.29, 1.82) is 0 Å². The molecule has 7 heteroatoms. The van der Waals surface area contributed by atoms with Gasteiger partial charge in [-0.05, 0) is 6.42 Å². The molecular formula is C10H16N4O3. The Morgan fingerprint density at radius 1 is 1.53 bits per heavy atom. The number of nitrogens with one attached hydrogen (secondary N) is 1. The quantitative estimate of drug-likeness (QED) is 0.493. The number of H-pyrrole nitrogens is 1. The Morgan fingerprint density at radius 3 is 2.71 bits per heavy atom. The molecule has 0 saturated heterocycles. The van der Waals surface area contributed by atoms with Crippen LogP contribution in [0, 0.1) is 0 Å². The summed E-state index contributed by atoms with van der Waals surface area (Å²) < 4.78 is 0. The van der Waals surface area contributed by atoms with E-state index in [9.17, 15) is 9.59 Å². The summed E-state index contributed by atoms with van der Waals surface area (Å²) in [5.74, 6) is -1.79. The van der Waals surface area contributed by atoms with E-state index in [-0.39, 0.29) is 25.2 Å². The first-order valence-corrected chi connectivity index (χ1v) is 5.25. The lowest BCUT2D eigenvalue weighted by Crippen LogP contribution is -2.37. The average molecular weight is 240 g/mol. The van der Waals surface area contributed by atoms with Gasteiger partial charge in [-0.25, -0.2) is 4.98 Å². The maximum atomic E-state index is 11.9. The van der Waals surface area contributed by atoms with Gasteiger partial charge in [0, 0.05) is 24.9 Å². The van der Waals surface area contributed by atoms with Crippen molar-refractivity contribution in [3.8, 4) is 0 Å². The molecule has 94 valence electrons. The fourth-order valence-corrected chi connectivity index (χ4v) is 1.53. The highest BCUT2D eigenvalue weighted by atomic mass is 16.4. The van der Waals surface area contributed by atoms with Crippen LogP contribution in [0.15, 0.2) is 12.5 Å². The molecule has 17 heavy (non-hydrogen) atoms. The smallest absolute Gasteiger partial charge is 0.303 e. The molecule has 0 fully saturated rings. The van der Waals surface area contributed by atoms with Crippen molar-refractivity contribution in [2.24, 2.45) is 11.5 Å².